The number of alkyl halides is 2. The van der Waals surface area contributed by atoms with Crippen molar-refractivity contribution in [2.75, 3.05) is 0 Å². The van der Waals surface area contributed by atoms with Gasteiger partial charge in [0.1, 0.15) is 10.8 Å². The highest BCUT2D eigenvalue weighted by Crippen LogP contribution is 2.26. The van der Waals surface area contributed by atoms with Crippen LogP contribution in [0.4, 0.5) is 5.69 Å². The quantitative estimate of drug-likeness (QED) is 0.457. The van der Waals surface area contributed by atoms with E-state index in [0.717, 1.165) is 12.1 Å². The molecule has 0 fully saturated rings. The van der Waals surface area contributed by atoms with Crippen molar-refractivity contribution < 1.29 is 18.1 Å². The van der Waals surface area contributed by atoms with E-state index in [1.807, 2.05) is 0 Å². The molecule has 10 heteroatoms. The Bertz CT molecular complexity index is 848. The second-order valence-corrected chi connectivity index (χ2v) is 7.28. The topological polar surface area (TPSA) is 107 Å². The predicted octanol–water partition coefficient (Wildman–Crippen LogP) is 2.47. The third kappa shape index (κ3) is 3.60. The number of non-ortho nitro benzene ring substituents is 1. The molecule has 122 valence electrons. The smallest absolute Gasteiger partial charge is 0.282 e. The number of hydrogen-bond acceptors (Lipinski definition) is 5. The number of halogens is 2. The minimum atomic E-state index is -4.23. The van der Waals surface area contributed by atoms with E-state index in [-0.39, 0.29) is 21.9 Å². The van der Waals surface area contributed by atoms with Crippen molar-refractivity contribution in [2.24, 2.45) is 4.40 Å². The van der Waals surface area contributed by atoms with Crippen molar-refractivity contribution in [3.63, 3.8) is 0 Å². The van der Waals surface area contributed by atoms with Gasteiger partial charge in [-0.15, -0.1) is 23.2 Å². The number of nitro groups is 1. The lowest BCUT2D eigenvalue weighted by Crippen LogP contribution is -2.36. The summed E-state index contributed by atoms with van der Waals surface area (Å²) in [6.07, 6.45) is 1.17. The summed E-state index contributed by atoms with van der Waals surface area (Å²) in [6.45, 7) is 1.48. The molecule has 0 heterocycles. The standard InChI is InChI=1S/C13H10Cl2N2O5S/c1-7-5-10(18)11(14)12(15)13(7)16-23(21,22)9-4-2-3-8(6-9)17(19)20/h2-6,11-12H,1H3. The lowest BCUT2D eigenvalue weighted by atomic mass is 9.97. The summed E-state index contributed by atoms with van der Waals surface area (Å²) < 4.78 is 28.3. The molecule has 1 aliphatic carbocycles. The fourth-order valence-corrected chi connectivity index (χ4v) is 3.66. The van der Waals surface area contributed by atoms with E-state index in [2.05, 4.69) is 4.40 Å². The zero-order valence-electron chi connectivity index (χ0n) is 11.6. The van der Waals surface area contributed by atoms with Gasteiger partial charge < -0.3 is 0 Å². The van der Waals surface area contributed by atoms with Gasteiger partial charge in [0.15, 0.2) is 5.78 Å². The molecular weight excluding hydrogens is 367 g/mol. The summed E-state index contributed by atoms with van der Waals surface area (Å²) in [5.74, 6) is -0.434. The Balaban J connectivity index is 2.52. The van der Waals surface area contributed by atoms with Crippen molar-refractivity contribution in [1.29, 1.82) is 0 Å². The number of allylic oxidation sites excluding steroid dienone is 2. The van der Waals surface area contributed by atoms with E-state index < -0.39 is 31.5 Å². The van der Waals surface area contributed by atoms with Crippen LogP contribution in [0.25, 0.3) is 0 Å². The van der Waals surface area contributed by atoms with Crippen LogP contribution in [0, 0.1) is 10.1 Å². The molecule has 0 aromatic heterocycles. The third-order valence-electron chi connectivity index (χ3n) is 3.10. The third-order valence-corrected chi connectivity index (χ3v) is 5.44. The summed E-state index contributed by atoms with van der Waals surface area (Å²) in [5, 5.41) is 8.51. The van der Waals surface area contributed by atoms with Gasteiger partial charge in [-0.25, -0.2) is 0 Å². The van der Waals surface area contributed by atoms with Crippen molar-refractivity contribution in [3.8, 4) is 0 Å². The molecule has 1 aliphatic rings. The lowest BCUT2D eigenvalue weighted by Gasteiger charge is -2.21. The first-order valence-electron chi connectivity index (χ1n) is 6.23. The van der Waals surface area contributed by atoms with Crippen LogP contribution in [-0.4, -0.2) is 35.6 Å². The summed E-state index contributed by atoms with van der Waals surface area (Å²) in [4.78, 5) is 21.2. The largest absolute Gasteiger partial charge is 0.293 e. The molecule has 2 atom stereocenters. The molecule has 0 bridgehead atoms. The van der Waals surface area contributed by atoms with E-state index in [0.29, 0.717) is 0 Å². The van der Waals surface area contributed by atoms with Gasteiger partial charge >= 0.3 is 0 Å². The number of carbonyl (C=O) groups is 1. The Morgan fingerprint density at radius 1 is 1.26 bits per heavy atom. The maximum absolute atomic E-state index is 12.3. The van der Waals surface area contributed by atoms with Gasteiger partial charge in [0, 0.05) is 12.1 Å². The molecule has 0 radical (unpaired) electrons. The number of carbonyl (C=O) groups excluding carboxylic acids is 1. The van der Waals surface area contributed by atoms with Crippen LogP contribution in [0.15, 0.2) is 45.2 Å². The maximum Gasteiger partial charge on any atom is 0.282 e. The monoisotopic (exact) mass is 376 g/mol. The zero-order chi connectivity index (χ0) is 17.4. The number of rotatable bonds is 3. The fourth-order valence-electron chi connectivity index (χ4n) is 1.93. The van der Waals surface area contributed by atoms with Gasteiger partial charge in [-0.05, 0) is 24.6 Å². The van der Waals surface area contributed by atoms with Crippen LogP contribution >= 0.6 is 23.2 Å². The van der Waals surface area contributed by atoms with E-state index in [9.17, 15) is 23.3 Å². The maximum atomic E-state index is 12.3. The summed E-state index contributed by atoms with van der Waals surface area (Å²) in [5.41, 5.74) is -0.159. The van der Waals surface area contributed by atoms with E-state index in [1.54, 1.807) is 0 Å². The van der Waals surface area contributed by atoms with Crippen molar-refractivity contribution >= 4 is 50.4 Å². The van der Waals surface area contributed by atoms with Gasteiger partial charge in [-0.2, -0.15) is 12.8 Å². The number of nitrogens with zero attached hydrogens (tertiary/aromatic N) is 2. The normalized spacial score (nSPS) is 23.7. The Morgan fingerprint density at radius 3 is 2.52 bits per heavy atom. The lowest BCUT2D eigenvalue weighted by molar-refractivity contribution is -0.385. The fraction of sp³-hybridized carbons (Fsp3) is 0.231. The van der Waals surface area contributed by atoms with Gasteiger partial charge in [0.2, 0.25) is 0 Å². The highest BCUT2D eigenvalue weighted by Gasteiger charge is 2.34. The second kappa shape index (κ2) is 6.38. The molecule has 0 aliphatic heterocycles. The molecule has 7 nitrogen and oxygen atoms in total. The predicted molar refractivity (Wildman–Crippen MR) is 85.8 cm³/mol. The zero-order valence-corrected chi connectivity index (χ0v) is 14.0. The molecule has 0 saturated heterocycles. The Hall–Kier alpha value is -1.77. The first-order chi connectivity index (χ1) is 10.6. The number of ketones is 1. The van der Waals surface area contributed by atoms with Gasteiger partial charge in [0.05, 0.1) is 15.5 Å². The Kier molecular flexibility index (Phi) is 4.88. The van der Waals surface area contributed by atoms with Crippen LogP contribution in [0.3, 0.4) is 0 Å². The summed E-state index contributed by atoms with van der Waals surface area (Å²) in [6, 6.07) is 4.48. The van der Waals surface area contributed by atoms with Crippen LogP contribution in [-0.2, 0) is 14.8 Å². The van der Waals surface area contributed by atoms with Crippen LogP contribution in [0.2, 0.25) is 0 Å². The number of hydrogen-bond donors (Lipinski definition) is 0. The minimum Gasteiger partial charge on any atom is -0.293 e. The summed E-state index contributed by atoms with van der Waals surface area (Å²) in [7, 11) is -4.23. The second-order valence-electron chi connectivity index (χ2n) is 4.74. The average Bonchev–Trinajstić information content (AvgIpc) is 2.49. The molecule has 0 N–H and O–H groups in total. The van der Waals surface area contributed by atoms with Crippen molar-refractivity contribution in [1.82, 2.24) is 0 Å². The van der Waals surface area contributed by atoms with Crippen LogP contribution in [0.5, 0.6) is 0 Å². The van der Waals surface area contributed by atoms with Crippen LogP contribution < -0.4 is 0 Å². The average molecular weight is 377 g/mol. The molecule has 0 amide bonds. The number of nitro benzene ring substituents is 1. The molecular formula is C13H10Cl2N2O5S. The number of sulfonamides is 1. The van der Waals surface area contributed by atoms with Crippen molar-refractivity contribution in [3.05, 3.63) is 46.0 Å². The van der Waals surface area contributed by atoms with E-state index >= 15 is 0 Å². The molecule has 23 heavy (non-hydrogen) atoms. The van der Waals surface area contributed by atoms with Gasteiger partial charge in [0.25, 0.3) is 15.7 Å². The van der Waals surface area contributed by atoms with Crippen LogP contribution in [0.1, 0.15) is 6.92 Å². The molecule has 1 aromatic rings. The Labute approximate surface area is 141 Å². The van der Waals surface area contributed by atoms with Gasteiger partial charge in [-0.3, -0.25) is 14.9 Å². The molecule has 0 spiro atoms. The Morgan fingerprint density at radius 2 is 1.91 bits per heavy atom. The number of benzene rings is 1. The molecule has 2 rings (SSSR count). The van der Waals surface area contributed by atoms with E-state index in [4.69, 9.17) is 23.2 Å². The highest BCUT2D eigenvalue weighted by atomic mass is 35.5. The first-order valence-corrected chi connectivity index (χ1v) is 8.55. The van der Waals surface area contributed by atoms with E-state index in [1.165, 1.54) is 25.1 Å². The SMILES string of the molecule is CC1=CC(=O)C(Cl)C(Cl)C1=NS(=O)(=O)c1cccc([N+](=O)[O-])c1. The molecule has 2 unspecified atom stereocenters. The van der Waals surface area contributed by atoms with Crippen molar-refractivity contribution in [2.45, 2.75) is 22.6 Å². The van der Waals surface area contributed by atoms with Gasteiger partial charge in [-0.1, -0.05) is 6.07 Å². The minimum absolute atomic E-state index is 0.0576. The molecule has 0 saturated carbocycles. The molecule has 1 aromatic carbocycles. The first kappa shape index (κ1) is 17.6. The summed E-state index contributed by atoms with van der Waals surface area (Å²) >= 11 is 11.8. The highest BCUT2D eigenvalue weighted by molar-refractivity contribution is 7.90.